The number of rotatable bonds is 3. The Hall–Kier alpha value is -2.60. The molecular weight excluding hydrogens is 290 g/mol. The molecule has 6 nitrogen and oxygen atoms in total. The maximum atomic E-state index is 5.40. The summed E-state index contributed by atoms with van der Waals surface area (Å²) in [5.74, 6) is 1.28. The molecule has 3 heterocycles. The van der Waals surface area contributed by atoms with E-state index < -0.39 is 0 Å². The average Bonchev–Trinajstić information content (AvgIpc) is 3.04. The van der Waals surface area contributed by atoms with Crippen molar-refractivity contribution < 1.29 is 4.52 Å². The predicted octanol–water partition coefficient (Wildman–Crippen LogP) is 2.39. The van der Waals surface area contributed by atoms with Gasteiger partial charge < -0.3 is 4.52 Å². The summed E-state index contributed by atoms with van der Waals surface area (Å²) in [7, 11) is 0. The van der Waals surface area contributed by atoms with Crippen LogP contribution in [0.15, 0.2) is 41.3 Å². The Kier molecular flexibility index (Phi) is 3.59. The summed E-state index contributed by atoms with van der Waals surface area (Å²) >= 11 is 0. The van der Waals surface area contributed by atoms with Crippen molar-refractivity contribution >= 4 is 0 Å². The van der Waals surface area contributed by atoms with Gasteiger partial charge in [-0.15, -0.1) is 0 Å². The Bertz CT molecular complexity index is 812. The first-order valence-electron chi connectivity index (χ1n) is 7.68. The third-order valence-corrected chi connectivity index (χ3v) is 4.09. The van der Waals surface area contributed by atoms with Gasteiger partial charge in [-0.05, 0) is 18.9 Å². The van der Waals surface area contributed by atoms with Crippen LogP contribution in [-0.2, 0) is 19.5 Å². The maximum Gasteiger partial charge on any atom is 0.241 e. The van der Waals surface area contributed by atoms with E-state index in [4.69, 9.17) is 4.52 Å². The van der Waals surface area contributed by atoms with Gasteiger partial charge in [0.1, 0.15) is 6.33 Å². The second-order valence-electron chi connectivity index (χ2n) is 5.83. The number of nitrogens with zero attached hydrogens (tertiary/aromatic N) is 5. The van der Waals surface area contributed by atoms with Crippen LogP contribution < -0.4 is 0 Å². The molecule has 4 rings (SSSR count). The van der Waals surface area contributed by atoms with Gasteiger partial charge in [0.05, 0.1) is 12.2 Å². The molecule has 23 heavy (non-hydrogen) atoms. The largest absolute Gasteiger partial charge is 0.338 e. The van der Waals surface area contributed by atoms with Crippen molar-refractivity contribution in [3.05, 3.63) is 59.5 Å². The van der Waals surface area contributed by atoms with Crippen molar-refractivity contribution in [3.63, 3.8) is 0 Å². The van der Waals surface area contributed by atoms with E-state index in [-0.39, 0.29) is 0 Å². The summed E-state index contributed by atoms with van der Waals surface area (Å²) in [6.45, 7) is 4.44. The van der Waals surface area contributed by atoms with E-state index >= 15 is 0 Å². The first kappa shape index (κ1) is 14.0. The van der Waals surface area contributed by atoms with Crippen molar-refractivity contribution in [2.45, 2.75) is 26.4 Å². The minimum Gasteiger partial charge on any atom is -0.338 e. The van der Waals surface area contributed by atoms with Crippen molar-refractivity contribution in [1.29, 1.82) is 0 Å². The van der Waals surface area contributed by atoms with E-state index in [2.05, 4.69) is 31.9 Å². The van der Waals surface area contributed by atoms with Gasteiger partial charge in [0.2, 0.25) is 11.7 Å². The Labute approximate surface area is 134 Å². The number of fused-ring (bicyclic) bond motifs is 1. The van der Waals surface area contributed by atoms with E-state index in [1.54, 1.807) is 6.33 Å². The lowest BCUT2D eigenvalue weighted by atomic mass is 10.1. The molecule has 0 spiro atoms. The van der Waals surface area contributed by atoms with Gasteiger partial charge in [0.25, 0.3) is 0 Å². The second kappa shape index (κ2) is 5.89. The molecule has 3 aromatic rings. The van der Waals surface area contributed by atoms with Crippen LogP contribution in [0, 0.1) is 6.92 Å². The van der Waals surface area contributed by atoms with Gasteiger partial charge in [-0.25, -0.2) is 9.97 Å². The third-order valence-electron chi connectivity index (χ3n) is 4.09. The highest BCUT2D eigenvalue weighted by Gasteiger charge is 2.19. The van der Waals surface area contributed by atoms with Crippen LogP contribution >= 0.6 is 0 Å². The van der Waals surface area contributed by atoms with Gasteiger partial charge in [0, 0.05) is 24.8 Å². The minimum absolute atomic E-state index is 0.637. The first-order chi connectivity index (χ1) is 11.3. The number of hydrogen-bond donors (Lipinski definition) is 0. The van der Waals surface area contributed by atoms with Crippen LogP contribution in [0.2, 0.25) is 0 Å². The smallest absolute Gasteiger partial charge is 0.241 e. The zero-order chi connectivity index (χ0) is 15.6. The summed E-state index contributed by atoms with van der Waals surface area (Å²) in [6, 6.07) is 8.12. The number of hydrogen-bond acceptors (Lipinski definition) is 6. The summed E-state index contributed by atoms with van der Waals surface area (Å²) < 4.78 is 5.40. The summed E-state index contributed by atoms with van der Waals surface area (Å²) in [5.41, 5.74) is 4.51. The molecule has 0 bridgehead atoms. The lowest BCUT2D eigenvalue weighted by Gasteiger charge is -2.25. The Morgan fingerprint density at radius 3 is 2.96 bits per heavy atom. The fourth-order valence-corrected chi connectivity index (χ4v) is 2.77. The van der Waals surface area contributed by atoms with E-state index in [9.17, 15) is 0 Å². The molecule has 0 saturated carbocycles. The normalized spacial score (nSPS) is 14.7. The van der Waals surface area contributed by atoms with E-state index in [0.29, 0.717) is 18.3 Å². The molecule has 1 aromatic carbocycles. The molecule has 0 radical (unpaired) electrons. The molecule has 0 unspecified atom stereocenters. The fourth-order valence-electron chi connectivity index (χ4n) is 2.77. The SMILES string of the molecule is Cc1ccc(-c2noc(CN3CCc4cncnc4C3)n2)cc1. The number of aromatic nitrogens is 4. The molecule has 2 aromatic heterocycles. The van der Waals surface area contributed by atoms with E-state index in [1.165, 1.54) is 11.1 Å². The van der Waals surface area contributed by atoms with Crippen molar-refractivity contribution in [2.24, 2.45) is 0 Å². The predicted molar refractivity (Wildman–Crippen MR) is 84.3 cm³/mol. The minimum atomic E-state index is 0.637. The molecule has 0 amide bonds. The lowest BCUT2D eigenvalue weighted by Crippen LogP contribution is -2.30. The Balaban J connectivity index is 1.47. The first-order valence-corrected chi connectivity index (χ1v) is 7.68. The Morgan fingerprint density at radius 1 is 1.22 bits per heavy atom. The quantitative estimate of drug-likeness (QED) is 0.740. The molecule has 0 saturated heterocycles. The summed E-state index contributed by atoms with van der Waals surface area (Å²) in [5, 5.41) is 4.09. The third kappa shape index (κ3) is 2.98. The molecule has 0 N–H and O–H groups in total. The van der Waals surface area contributed by atoms with Gasteiger partial charge in [0.15, 0.2) is 0 Å². The van der Waals surface area contributed by atoms with Crippen molar-refractivity contribution in [1.82, 2.24) is 25.0 Å². The lowest BCUT2D eigenvalue weighted by molar-refractivity contribution is 0.207. The molecule has 1 aliphatic heterocycles. The maximum absolute atomic E-state index is 5.40. The highest BCUT2D eigenvalue weighted by molar-refractivity contribution is 5.54. The van der Waals surface area contributed by atoms with Crippen LogP contribution in [0.4, 0.5) is 0 Å². The van der Waals surface area contributed by atoms with Crippen LogP contribution in [0.1, 0.15) is 22.7 Å². The highest BCUT2D eigenvalue weighted by Crippen LogP contribution is 2.20. The molecule has 0 fully saturated rings. The molecular formula is C17H17N5O. The molecule has 0 aliphatic carbocycles. The topological polar surface area (TPSA) is 67.9 Å². The zero-order valence-electron chi connectivity index (χ0n) is 12.9. The summed E-state index contributed by atoms with van der Waals surface area (Å²) in [4.78, 5) is 15.2. The zero-order valence-corrected chi connectivity index (χ0v) is 12.9. The van der Waals surface area contributed by atoms with Crippen LogP contribution in [0.3, 0.4) is 0 Å². The second-order valence-corrected chi connectivity index (χ2v) is 5.83. The Morgan fingerprint density at radius 2 is 2.09 bits per heavy atom. The molecule has 6 heteroatoms. The van der Waals surface area contributed by atoms with Crippen LogP contribution in [-0.4, -0.2) is 31.6 Å². The van der Waals surface area contributed by atoms with Gasteiger partial charge in [-0.2, -0.15) is 4.98 Å². The van der Waals surface area contributed by atoms with Crippen LogP contribution in [0.5, 0.6) is 0 Å². The van der Waals surface area contributed by atoms with Crippen molar-refractivity contribution in [3.8, 4) is 11.4 Å². The van der Waals surface area contributed by atoms with Gasteiger partial charge >= 0.3 is 0 Å². The standard InChI is InChI=1S/C17H17N5O/c1-12-2-4-13(5-3-12)17-20-16(23-21-17)10-22-7-6-14-8-18-11-19-15(14)9-22/h2-5,8,11H,6-7,9-10H2,1H3. The highest BCUT2D eigenvalue weighted by atomic mass is 16.5. The monoisotopic (exact) mass is 307 g/mol. The molecule has 1 aliphatic rings. The number of aryl methyl sites for hydroxylation is 1. The summed E-state index contributed by atoms with van der Waals surface area (Å²) in [6.07, 6.45) is 4.46. The van der Waals surface area contributed by atoms with Crippen LogP contribution in [0.25, 0.3) is 11.4 Å². The van der Waals surface area contributed by atoms with E-state index in [1.807, 2.05) is 30.5 Å². The average molecular weight is 307 g/mol. The fraction of sp³-hybridized carbons (Fsp3) is 0.294. The number of benzene rings is 1. The van der Waals surface area contributed by atoms with Gasteiger partial charge in [-0.3, -0.25) is 4.90 Å². The van der Waals surface area contributed by atoms with Crippen molar-refractivity contribution in [2.75, 3.05) is 6.54 Å². The van der Waals surface area contributed by atoms with E-state index in [0.717, 1.165) is 30.8 Å². The molecule has 116 valence electrons. The molecule has 0 atom stereocenters. The van der Waals surface area contributed by atoms with Gasteiger partial charge in [-0.1, -0.05) is 35.0 Å².